The van der Waals surface area contributed by atoms with Crippen molar-refractivity contribution in [1.29, 1.82) is 0 Å². The van der Waals surface area contributed by atoms with Gasteiger partial charge in [-0.1, -0.05) is 30.3 Å². The minimum absolute atomic E-state index is 0.255. The van der Waals surface area contributed by atoms with E-state index in [4.69, 9.17) is 9.72 Å². The zero-order chi connectivity index (χ0) is 21.3. The normalized spacial score (nSPS) is 23.9. The van der Waals surface area contributed by atoms with E-state index in [1.54, 1.807) is 0 Å². The summed E-state index contributed by atoms with van der Waals surface area (Å²) in [6.07, 6.45) is 2.77. The van der Waals surface area contributed by atoms with E-state index in [1.165, 1.54) is 5.56 Å². The highest BCUT2D eigenvalue weighted by atomic mass is 16.5. The molecule has 1 amide bonds. The van der Waals surface area contributed by atoms with Gasteiger partial charge in [-0.15, -0.1) is 0 Å². The Morgan fingerprint density at radius 2 is 1.77 bits per heavy atom. The number of aromatic nitrogens is 2. The lowest BCUT2D eigenvalue weighted by Crippen LogP contribution is -2.39. The van der Waals surface area contributed by atoms with Gasteiger partial charge in [0.05, 0.1) is 18.6 Å². The number of likely N-dealkylation sites (tertiary alicyclic amines) is 1. The van der Waals surface area contributed by atoms with Crippen molar-refractivity contribution in [2.75, 3.05) is 62.3 Å². The van der Waals surface area contributed by atoms with Crippen LogP contribution in [0.4, 0.5) is 11.8 Å². The van der Waals surface area contributed by atoms with Gasteiger partial charge in [-0.3, -0.25) is 4.79 Å². The molecule has 0 radical (unpaired) electrons. The maximum atomic E-state index is 13.4. The van der Waals surface area contributed by atoms with E-state index in [0.717, 1.165) is 76.0 Å². The second-order valence-electron chi connectivity index (χ2n) is 9.00. The molecule has 1 spiro atoms. The van der Waals surface area contributed by atoms with E-state index in [1.807, 2.05) is 13.0 Å². The number of carbonyl (C=O) groups excluding carboxylic acids is 1. The molecule has 1 aromatic carbocycles. The van der Waals surface area contributed by atoms with Crippen molar-refractivity contribution >= 4 is 17.7 Å². The molecule has 31 heavy (non-hydrogen) atoms. The summed E-state index contributed by atoms with van der Waals surface area (Å²) in [7, 11) is 0. The number of rotatable bonds is 5. The van der Waals surface area contributed by atoms with Crippen LogP contribution in [0.25, 0.3) is 0 Å². The molecule has 0 aliphatic carbocycles. The molecule has 164 valence electrons. The molecule has 0 saturated carbocycles. The fraction of sp³-hybridized carbons (Fsp3) is 0.542. The van der Waals surface area contributed by atoms with Crippen LogP contribution in [-0.2, 0) is 16.0 Å². The predicted octanol–water partition coefficient (Wildman–Crippen LogP) is 2.29. The quantitative estimate of drug-likeness (QED) is 0.738. The third-order valence-electron chi connectivity index (χ3n) is 6.91. The second kappa shape index (κ2) is 8.46. The van der Waals surface area contributed by atoms with Crippen LogP contribution in [0, 0.1) is 12.3 Å². The van der Waals surface area contributed by atoms with E-state index >= 15 is 0 Å². The standard InChI is InChI=1S/C24H31N5O2/c1-19-17-21(26-23(25-19)28-13-15-31-16-14-28)29-12-9-24(18-29)8-11-27(22(24)30)10-7-20-5-3-2-4-6-20/h2-6,17H,7-16,18H2,1H3. The highest BCUT2D eigenvalue weighted by Gasteiger charge is 2.50. The van der Waals surface area contributed by atoms with E-state index in [0.29, 0.717) is 19.1 Å². The van der Waals surface area contributed by atoms with Crippen molar-refractivity contribution in [2.24, 2.45) is 5.41 Å². The fourth-order valence-electron chi connectivity index (χ4n) is 5.06. The van der Waals surface area contributed by atoms with Crippen LogP contribution in [0.15, 0.2) is 36.4 Å². The van der Waals surface area contributed by atoms with E-state index < -0.39 is 0 Å². The molecule has 7 nitrogen and oxygen atoms in total. The Bertz CT molecular complexity index is 931. The van der Waals surface area contributed by atoms with Gasteiger partial charge in [0.25, 0.3) is 0 Å². The van der Waals surface area contributed by atoms with Gasteiger partial charge in [-0.25, -0.2) is 4.98 Å². The Morgan fingerprint density at radius 3 is 2.58 bits per heavy atom. The molecule has 0 N–H and O–H groups in total. The molecule has 1 aromatic heterocycles. The van der Waals surface area contributed by atoms with Crippen LogP contribution in [-0.4, -0.2) is 73.3 Å². The van der Waals surface area contributed by atoms with Gasteiger partial charge in [-0.05, 0) is 31.7 Å². The first-order valence-electron chi connectivity index (χ1n) is 11.4. The maximum Gasteiger partial charge on any atom is 0.230 e. The van der Waals surface area contributed by atoms with Gasteiger partial charge in [0.15, 0.2) is 0 Å². The predicted molar refractivity (Wildman–Crippen MR) is 120 cm³/mol. The number of amides is 1. The lowest BCUT2D eigenvalue weighted by atomic mass is 9.85. The fourth-order valence-corrected chi connectivity index (χ4v) is 5.06. The number of benzene rings is 1. The molecular formula is C24H31N5O2. The summed E-state index contributed by atoms with van der Waals surface area (Å²) in [4.78, 5) is 29.4. The SMILES string of the molecule is Cc1cc(N2CCC3(CCN(CCc4ccccc4)C3=O)C2)nc(N2CCOCC2)n1. The molecule has 5 rings (SSSR count). The first-order valence-corrected chi connectivity index (χ1v) is 11.4. The van der Waals surface area contributed by atoms with Gasteiger partial charge in [0, 0.05) is 51.0 Å². The minimum Gasteiger partial charge on any atom is -0.378 e. The largest absolute Gasteiger partial charge is 0.378 e. The third kappa shape index (κ3) is 4.11. The third-order valence-corrected chi connectivity index (χ3v) is 6.91. The molecule has 0 bridgehead atoms. The summed E-state index contributed by atoms with van der Waals surface area (Å²) in [5, 5.41) is 0. The summed E-state index contributed by atoms with van der Waals surface area (Å²) in [6, 6.07) is 12.5. The van der Waals surface area contributed by atoms with Crippen LogP contribution in [0.3, 0.4) is 0 Å². The average molecular weight is 422 g/mol. The minimum atomic E-state index is -0.255. The Morgan fingerprint density at radius 1 is 1.00 bits per heavy atom. The lowest BCUT2D eigenvalue weighted by molar-refractivity contribution is -0.135. The number of hydrogen-bond donors (Lipinski definition) is 0. The van der Waals surface area contributed by atoms with Crippen LogP contribution in [0.2, 0.25) is 0 Å². The lowest BCUT2D eigenvalue weighted by Gasteiger charge is -2.28. The molecule has 3 aliphatic heterocycles. The van der Waals surface area contributed by atoms with Gasteiger partial charge in [0.2, 0.25) is 11.9 Å². The number of hydrogen-bond acceptors (Lipinski definition) is 6. The summed E-state index contributed by atoms with van der Waals surface area (Å²) in [6.45, 7) is 8.39. The van der Waals surface area contributed by atoms with Crippen molar-refractivity contribution in [3.63, 3.8) is 0 Å². The molecule has 4 heterocycles. The highest BCUT2D eigenvalue weighted by Crippen LogP contribution is 2.42. The van der Waals surface area contributed by atoms with Gasteiger partial charge in [0.1, 0.15) is 5.82 Å². The zero-order valence-corrected chi connectivity index (χ0v) is 18.3. The van der Waals surface area contributed by atoms with E-state index in [-0.39, 0.29) is 5.41 Å². The first-order chi connectivity index (χ1) is 15.1. The van der Waals surface area contributed by atoms with Gasteiger partial charge >= 0.3 is 0 Å². The number of ether oxygens (including phenoxy) is 1. The van der Waals surface area contributed by atoms with Crippen molar-refractivity contribution in [3.05, 3.63) is 47.7 Å². The van der Waals surface area contributed by atoms with Crippen LogP contribution in [0.1, 0.15) is 24.1 Å². The van der Waals surface area contributed by atoms with Gasteiger partial charge < -0.3 is 19.4 Å². The van der Waals surface area contributed by atoms with Crippen molar-refractivity contribution in [1.82, 2.24) is 14.9 Å². The topological polar surface area (TPSA) is 61.8 Å². The first kappa shape index (κ1) is 20.2. The number of aryl methyl sites for hydroxylation is 1. The van der Waals surface area contributed by atoms with Crippen molar-refractivity contribution in [2.45, 2.75) is 26.2 Å². The maximum absolute atomic E-state index is 13.4. The van der Waals surface area contributed by atoms with Crippen LogP contribution in [0.5, 0.6) is 0 Å². The Kier molecular flexibility index (Phi) is 5.52. The molecular weight excluding hydrogens is 390 g/mol. The van der Waals surface area contributed by atoms with Crippen molar-refractivity contribution < 1.29 is 9.53 Å². The average Bonchev–Trinajstić information content (AvgIpc) is 3.38. The molecule has 1 atom stereocenters. The summed E-state index contributed by atoms with van der Waals surface area (Å²) in [5.74, 6) is 2.05. The number of morpholine rings is 1. The Balaban J connectivity index is 1.26. The Hall–Kier alpha value is -2.67. The number of carbonyl (C=O) groups is 1. The van der Waals surface area contributed by atoms with E-state index in [2.05, 4.69) is 50.0 Å². The highest BCUT2D eigenvalue weighted by molar-refractivity contribution is 5.86. The molecule has 2 aromatic rings. The smallest absolute Gasteiger partial charge is 0.230 e. The van der Waals surface area contributed by atoms with Crippen LogP contribution < -0.4 is 9.80 Å². The molecule has 3 aliphatic rings. The Labute approximate surface area is 184 Å². The molecule has 7 heteroatoms. The van der Waals surface area contributed by atoms with Crippen molar-refractivity contribution in [3.8, 4) is 0 Å². The second-order valence-corrected chi connectivity index (χ2v) is 9.00. The summed E-state index contributed by atoms with van der Waals surface area (Å²) in [5.41, 5.74) is 2.00. The molecule has 1 unspecified atom stereocenters. The summed E-state index contributed by atoms with van der Waals surface area (Å²) < 4.78 is 5.46. The van der Waals surface area contributed by atoms with Gasteiger partial charge in [-0.2, -0.15) is 4.98 Å². The van der Waals surface area contributed by atoms with Crippen LogP contribution >= 0.6 is 0 Å². The number of anilines is 2. The number of nitrogens with zero attached hydrogens (tertiary/aromatic N) is 5. The zero-order valence-electron chi connectivity index (χ0n) is 18.3. The summed E-state index contributed by atoms with van der Waals surface area (Å²) >= 11 is 0. The molecule has 3 fully saturated rings. The van der Waals surface area contributed by atoms with E-state index in [9.17, 15) is 4.79 Å². The monoisotopic (exact) mass is 421 g/mol. The molecule has 3 saturated heterocycles.